The van der Waals surface area contributed by atoms with Crippen LogP contribution in [0.5, 0.6) is 0 Å². The normalized spacial score (nSPS) is 21.0. The third-order valence-corrected chi connectivity index (χ3v) is 5.53. The zero-order valence-corrected chi connectivity index (χ0v) is 12.6. The first-order valence-corrected chi connectivity index (χ1v) is 8.33. The van der Waals surface area contributed by atoms with Gasteiger partial charge in [0, 0.05) is 25.9 Å². The third kappa shape index (κ3) is 3.76. The summed E-state index contributed by atoms with van der Waals surface area (Å²) in [6.07, 6.45) is -1.85. The van der Waals surface area contributed by atoms with Crippen molar-refractivity contribution in [2.24, 2.45) is 5.92 Å². The van der Waals surface area contributed by atoms with Crippen molar-refractivity contribution in [3.8, 4) is 0 Å². The zero-order chi connectivity index (χ0) is 16.4. The minimum Gasteiger partial charge on any atom is -0.396 e. The molecular weight excluding hydrogens is 321 g/mol. The Hall–Kier alpha value is -1.19. The second-order valence-corrected chi connectivity index (χ2v) is 7.20. The first-order valence-electron chi connectivity index (χ1n) is 6.89. The van der Waals surface area contributed by atoms with Gasteiger partial charge in [-0.1, -0.05) is 0 Å². The van der Waals surface area contributed by atoms with Gasteiger partial charge < -0.3 is 5.11 Å². The molecule has 2 heterocycles. The van der Waals surface area contributed by atoms with Gasteiger partial charge in [0.1, 0.15) is 10.6 Å². The highest BCUT2D eigenvalue weighted by Gasteiger charge is 2.34. The molecule has 22 heavy (non-hydrogen) atoms. The van der Waals surface area contributed by atoms with E-state index in [1.165, 1.54) is 4.31 Å². The van der Waals surface area contributed by atoms with Crippen molar-refractivity contribution in [1.29, 1.82) is 0 Å². The second-order valence-electron chi connectivity index (χ2n) is 5.26. The Labute approximate surface area is 126 Å². The van der Waals surface area contributed by atoms with Gasteiger partial charge in [0.25, 0.3) is 0 Å². The summed E-state index contributed by atoms with van der Waals surface area (Å²) in [5.74, 6) is 0.0657. The first kappa shape index (κ1) is 17.2. The third-order valence-electron chi connectivity index (χ3n) is 3.68. The van der Waals surface area contributed by atoms with Crippen LogP contribution in [0.25, 0.3) is 0 Å². The molecule has 1 saturated heterocycles. The Morgan fingerprint density at radius 1 is 1.36 bits per heavy atom. The highest BCUT2D eigenvalue weighted by Crippen LogP contribution is 2.29. The van der Waals surface area contributed by atoms with Gasteiger partial charge in [-0.2, -0.15) is 17.5 Å². The number of sulfonamides is 1. The lowest BCUT2D eigenvalue weighted by molar-refractivity contribution is -0.141. The van der Waals surface area contributed by atoms with Crippen molar-refractivity contribution in [2.45, 2.75) is 30.3 Å². The van der Waals surface area contributed by atoms with Crippen LogP contribution in [0.1, 0.15) is 25.0 Å². The van der Waals surface area contributed by atoms with Crippen molar-refractivity contribution in [3.05, 3.63) is 24.0 Å². The molecule has 5 nitrogen and oxygen atoms in total. The lowest BCUT2D eigenvalue weighted by Crippen LogP contribution is -2.40. The van der Waals surface area contributed by atoms with Gasteiger partial charge >= 0.3 is 6.18 Å². The Morgan fingerprint density at radius 3 is 2.64 bits per heavy atom. The van der Waals surface area contributed by atoms with Crippen molar-refractivity contribution in [1.82, 2.24) is 9.29 Å². The van der Waals surface area contributed by atoms with Gasteiger partial charge in [-0.05, 0) is 37.3 Å². The summed E-state index contributed by atoms with van der Waals surface area (Å²) >= 11 is 0. The number of hydrogen-bond acceptors (Lipinski definition) is 4. The van der Waals surface area contributed by atoms with Gasteiger partial charge in [-0.15, -0.1) is 0 Å². The summed E-state index contributed by atoms with van der Waals surface area (Å²) in [6.45, 7) is 0.579. The molecule has 0 bridgehead atoms. The van der Waals surface area contributed by atoms with Gasteiger partial charge in [-0.25, -0.2) is 8.42 Å². The smallest absolute Gasteiger partial charge is 0.396 e. The molecular formula is C13H17F3N2O3S. The highest BCUT2D eigenvalue weighted by molar-refractivity contribution is 7.89. The van der Waals surface area contributed by atoms with Crippen LogP contribution >= 0.6 is 0 Å². The van der Waals surface area contributed by atoms with Gasteiger partial charge in [0.2, 0.25) is 10.0 Å². The van der Waals surface area contributed by atoms with E-state index >= 15 is 0 Å². The minimum absolute atomic E-state index is 0.0135. The molecule has 2 rings (SSSR count). The van der Waals surface area contributed by atoms with E-state index in [1.54, 1.807) is 0 Å². The molecule has 1 aliphatic heterocycles. The number of aromatic nitrogens is 1. The summed E-state index contributed by atoms with van der Waals surface area (Å²) in [4.78, 5) is 2.95. The summed E-state index contributed by atoms with van der Waals surface area (Å²) < 4.78 is 63.5. The van der Waals surface area contributed by atoms with Crippen molar-refractivity contribution in [3.63, 3.8) is 0 Å². The van der Waals surface area contributed by atoms with E-state index in [0.29, 0.717) is 25.5 Å². The van der Waals surface area contributed by atoms with Crippen molar-refractivity contribution in [2.75, 3.05) is 19.7 Å². The van der Waals surface area contributed by atoms with Crippen LogP contribution < -0.4 is 0 Å². The largest absolute Gasteiger partial charge is 0.433 e. The van der Waals surface area contributed by atoms with Gasteiger partial charge in [0.15, 0.2) is 0 Å². The molecule has 0 spiro atoms. The van der Waals surface area contributed by atoms with Crippen LogP contribution in [-0.2, 0) is 16.2 Å². The standard InChI is InChI=1S/C13H17F3N2O3S/c14-13(15,16)12-4-3-11(8-17-12)22(20,21)18-6-1-2-10(9-18)5-7-19/h3-4,8,10,19H,1-2,5-7,9H2/t10-/m1/s1. The zero-order valence-electron chi connectivity index (χ0n) is 11.8. The molecule has 124 valence electrons. The monoisotopic (exact) mass is 338 g/mol. The molecule has 1 aromatic rings. The Morgan fingerprint density at radius 2 is 2.09 bits per heavy atom. The molecule has 0 radical (unpaired) electrons. The van der Waals surface area contributed by atoms with Crippen LogP contribution in [-0.4, -0.2) is 42.5 Å². The van der Waals surface area contributed by atoms with Gasteiger partial charge in [-0.3, -0.25) is 4.98 Å². The van der Waals surface area contributed by atoms with E-state index in [-0.39, 0.29) is 24.0 Å². The average Bonchev–Trinajstić information content (AvgIpc) is 2.47. The van der Waals surface area contributed by atoms with E-state index in [4.69, 9.17) is 5.11 Å². The topological polar surface area (TPSA) is 70.5 Å². The fourth-order valence-corrected chi connectivity index (χ4v) is 4.01. The van der Waals surface area contributed by atoms with E-state index < -0.39 is 21.9 Å². The van der Waals surface area contributed by atoms with Gasteiger partial charge in [0.05, 0.1) is 0 Å². The lowest BCUT2D eigenvalue weighted by atomic mass is 9.97. The molecule has 9 heteroatoms. The molecule has 0 saturated carbocycles. The fraction of sp³-hybridized carbons (Fsp3) is 0.615. The van der Waals surface area contributed by atoms with Crippen molar-refractivity contribution >= 4 is 10.0 Å². The van der Waals surface area contributed by atoms with Crippen molar-refractivity contribution < 1.29 is 26.7 Å². The summed E-state index contributed by atoms with van der Waals surface area (Å²) in [5.41, 5.74) is -1.12. The number of aliphatic hydroxyl groups excluding tert-OH is 1. The van der Waals surface area contributed by atoms with E-state index in [9.17, 15) is 21.6 Å². The summed E-state index contributed by atoms with van der Waals surface area (Å²) in [5, 5.41) is 8.95. The Bertz CT molecular complexity index is 600. The highest BCUT2D eigenvalue weighted by atomic mass is 32.2. The first-order chi connectivity index (χ1) is 10.2. The predicted octanol–water partition coefficient (Wildman–Crippen LogP) is 1.88. The molecule has 1 N–H and O–H groups in total. The Kier molecular flexibility index (Phi) is 5.08. The van der Waals surface area contributed by atoms with Crippen LogP contribution in [0.15, 0.2) is 23.2 Å². The maximum absolute atomic E-state index is 12.5. The number of hydrogen-bond donors (Lipinski definition) is 1. The maximum atomic E-state index is 12.5. The number of aliphatic hydroxyl groups is 1. The van der Waals surface area contributed by atoms with Crippen LogP contribution in [0, 0.1) is 5.92 Å². The van der Waals surface area contributed by atoms with Crippen LogP contribution in [0.4, 0.5) is 13.2 Å². The molecule has 1 fully saturated rings. The van der Waals surface area contributed by atoms with E-state index in [0.717, 1.165) is 18.7 Å². The molecule has 1 aliphatic rings. The number of nitrogens with zero attached hydrogens (tertiary/aromatic N) is 2. The average molecular weight is 338 g/mol. The summed E-state index contributed by atoms with van der Waals surface area (Å²) in [6, 6.07) is 1.60. The lowest BCUT2D eigenvalue weighted by Gasteiger charge is -2.31. The second kappa shape index (κ2) is 6.51. The summed E-state index contributed by atoms with van der Waals surface area (Å²) in [7, 11) is -3.85. The minimum atomic E-state index is -4.60. The van der Waals surface area contributed by atoms with E-state index in [1.807, 2.05) is 0 Å². The number of halogens is 3. The quantitative estimate of drug-likeness (QED) is 0.910. The van der Waals surface area contributed by atoms with Crippen LogP contribution in [0.2, 0.25) is 0 Å². The fourth-order valence-electron chi connectivity index (χ4n) is 2.51. The molecule has 0 unspecified atom stereocenters. The Balaban J connectivity index is 2.19. The number of rotatable bonds is 4. The number of pyridine rings is 1. The van der Waals surface area contributed by atoms with E-state index in [2.05, 4.69) is 4.98 Å². The number of piperidine rings is 1. The van der Waals surface area contributed by atoms with Crippen LogP contribution in [0.3, 0.4) is 0 Å². The predicted molar refractivity (Wildman–Crippen MR) is 72.4 cm³/mol. The molecule has 0 aliphatic carbocycles. The molecule has 1 atom stereocenters. The molecule has 0 amide bonds. The maximum Gasteiger partial charge on any atom is 0.433 e. The number of alkyl halides is 3. The molecule has 0 aromatic carbocycles. The molecule has 1 aromatic heterocycles. The SMILES string of the molecule is O=S(=O)(c1ccc(C(F)(F)F)nc1)N1CCC[C@H](CCO)C1.